The average Bonchev–Trinajstić information content (AvgIpc) is 2.93. The first-order chi connectivity index (χ1) is 8.65. The molecule has 6 heteroatoms. The lowest BCUT2D eigenvalue weighted by atomic mass is 10.2. The van der Waals surface area contributed by atoms with Gasteiger partial charge in [0, 0.05) is 15.1 Å². The van der Waals surface area contributed by atoms with E-state index in [1.165, 1.54) is 27.5 Å². The number of hydrogen-bond acceptors (Lipinski definition) is 4. The minimum Gasteiger partial charge on any atom is -0.287 e. The largest absolute Gasteiger partial charge is 0.287 e. The van der Waals surface area contributed by atoms with Gasteiger partial charge in [-0.25, -0.2) is 0 Å². The minimum atomic E-state index is 0.149. The lowest BCUT2D eigenvalue weighted by Gasteiger charge is -2.08. The molecule has 0 amide bonds. The monoisotopic (exact) mass is 422 g/mol. The third-order valence-electron chi connectivity index (χ3n) is 2.72. The zero-order valence-electron chi connectivity index (χ0n) is 9.16. The zero-order valence-corrected chi connectivity index (χ0v) is 14.8. The molecule has 1 nitrogen and oxygen atoms in total. The molecular weight excluding hydrogens is 416 g/mol. The van der Waals surface area contributed by atoms with Crippen molar-refractivity contribution in [1.29, 1.82) is 0 Å². The topological polar surface area (TPSA) is 17.1 Å². The Bertz CT molecular complexity index is 572. The van der Waals surface area contributed by atoms with E-state index >= 15 is 0 Å². The summed E-state index contributed by atoms with van der Waals surface area (Å²) in [7, 11) is 0. The summed E-state index contributed by atoms with van der Waals surface area (Å²) < 4.78 is 1.93. The Hall–Kier alpha value is 0.380. The Labute approximate surface area is 134 Å². The van der Waals surface area contributed by atoms with E-state index in [1.54, 1.807) is 11.3 Å². The lowest BCUT2D eigenvalue weighted by Crippen LogP contribution is -1.96. The van der Waals surface area contributed by atoms with Gasteiger partial charge in [-0.15, -0.1) is 22.7 Å². The lowest BCUT2D eigenvalue weighted by molar-refractivity contribution is 0.104. The van der Waals surface area contributed by atoms with Gasteiger partial charge in [-0.1, -0.05) is 0 Å². The Morgan fingerprint density at radius 1 is 1.17 bits per heavy atom. The summed E-state index contributed by atoms with van der Waals surface area (Å²) in [5.74, 6) is 2.38. The molecule has 0 fully saturated rings. The molecule has 0 radical (unpaired) electrons. The van der Waals surface area contributed by atoms with Gasteiger partial charge in [0.25, 0.3) is 0 Å². The molecule has 0 unspecified atom stereocenters. The SMILES string of the molecule is O=C(c1cc(Br)c(Br)s1)c1cc2c(s1)CCSC2. The second kappa shape index (κ2) is 5.40. The maximum Gasteiger partial charge on any atom is 0.212 e. The van der Waals surface area contributed by atoms with Crippen LogP contribution in [0.2, 0.25) is 0 Å². The number of ketones is 1. The molecule has 0 spiro atoms. The van der Waals surface area contributed by atoms with E-state index in [2.05, 4.69) is 37.9 Å². The van der Waals surface area contributed by atoms with E-state index < -0.39 is 0 Å². The van der Waals surface area contributed by atoms with Gasteiger partial charge in [0.05, 0.1) is 13.5 Å². The first-order valence-corrected chi connectivity index (χ1v) is 9.71. The van der Waals surface area contributed by atoms with Crippen molar-refractivity contribution in [1.82, 2.24) is 0 Å². The van der Waals surface area contributed by atoms with Crippen molar-refractivity contribution < 1.29 is 4.79 Å². The van der Waals surface area contributed by atoms with Gasteiger partial charge in [0.15, 0.2) is 0 Å². The van der Waals surface area contributed by atoms with E-state index in [9.17, 15) is 4.79 Å². The standard InChI is InChI=1S/C12H8Br2OS3/c13-7-4-10(18-12(7)14)11(15)9-3-6-5-16-2-1-8(6)17-9/h3-4H,1-2,5H2. The van der Waals surface area contributed by atoms with Gasteiger partial charge in [0.1, 0.15) is 0 Å². The van der Waals surface area contributed by atoms with E-state index in [0.29, 0.717) is 0 Å². The molecule has 18 heavy (non-hydrogen) atoms. The summed E-state index contributed by atoms with van der Waals surface area (Å²) in [5.41, 5.74) is 1.36. The van der Waals surface area contributed by atoms with Gasteiger partial charge in [-0.3, -0.25) is 4.79 Å². The molecule has 2 aromatic heterocycles. The maximum atomic E-state index is 12.4. The van der Waals surface area contributed by atoms with Crippen LogP contribution in [0.4, 0.5) is 0 Å². The first-order valence-electron chi connectivity index (χ1n) is 5.34. The molecule has 0 bridgehead atoms. The van der Waals surface area contributed by atoms with Crippen molar-refractivity contribution >= 4 is 72.1 Å². The zero-order chi connectivity index (χ0) is 12.7. The van der Waals surface area contributed by atoms with Crippen molar-refractivity contribution in [3.8, 4) is 0 Å². The number of hydrogen-bond donors (Lipinski definition) is 0. The molecule has 0 saturated heterocycles. The van der Waals surface area contributed by atoms with E-state index in [0.717, 1.165) is 30.2 Å². The summed E-state index contributed by atoms with van der Waals surface area (Å²) >= 11 is 12.0. The van der Waals surface area contributed by atoms with Crippen LogP contribution in [0, 0.1) is 0 Å². The fraction of sp³-hybridized carbons (Fsp3) is 0.250. The molecule has 0 saturated carbocycles. The maximum absolute atomic E-state index is 12.4. The molecule has 3 rings (SSSR count). The molecule has 1 aliphatic rings. The number of carbonyl (C=O) groups excluding carboxylic acids is 1. The second-order valence-electron chi connectivity index (χ2n) is 3.92. The van der Waals surface area contributed by atoms with Crippen LogP contribution >= 0.6 is 66.3 Å². The van der Waals surface area contributed by atoms with Crippen LogP contribution in [0.15, 0.2) is 20.4 Å². The molecule has 2 aromatic rings. The Kier molecular flexibility index (Phi) is 4.01. The summed E-state index contributed by atoms with van der Waals surface area (Å²) in [5, 5.41) is 0. The first kappa shape index (κ1) is 13.4. The van der Waals surface area contributed by atoms with Crippen molar-refractivity contribution in [3.63, 3.8) is 0 Å². The fourth-order valence-corrected chi connectivity index (χ4v) is 6.22. The number of rotatable bonds is 2. The van der Waals surface area contributed by atoms with E-state index in [-0.39, 0.29) is 5.78 Å². The highest BCUT2D eigenvalue weighted by molar-refractivity contribution is 9.13. The number of aryl methyl sites for hydroxylation is 1. The van der Waals surface area contributed by atoms with Crippen molar-refractivity contribution in [2.45, 2.75) is 12.2 Å². The Balaban J connectivity index is 1.94. The van der Waals surface area contributed by atoms with Gasteiger partial charge < -0.3 is 0 Å². The molecule has 0 N–H and O–H groups in total. The molecule has 0 aliphatic carbocycles. The third-order valence-corrected chi connectivity index (χ3v) is 8.22. The molecule has 0 atom stereocenters. The van der Waals surface area contributed by atoms with Crippen LogP contribution < -0.4 is 0 Å². The number of fused-ring (bicyclic) bond motifs is 1. The summed E-state index contributed by atoms with van der Waals surface area (Å²) in [4.78, 5) is 15.5. The highest BCUT2D eigenvalue weighted by Gasteiger charge is 2.20. The summed E-state index contributed by atoms with van der Waals surface area (Å²) in [6, 6.07) is 3.97. The highest BCUT2D eigenvalue weighted by atomic mass is 79.9. The van der Waals surface area contributed by atoms with Crippen LogP contribution in [0.5, 0.6) is 0 Å². The summed E-state index contributed by atoms with van der Waals surface area (Å²) in [6.07, 6.45) is 1.11. The van der Waals surface area contributed by atoms with Crippen molar-refractivity contribution in [3.05, 3.63) is 40.6 Å². The van der Waals surface area contributed by atoms with Crippen LogP contribution in [0.3, 0.4) is 0 Å². The van der Waals surface area contributed by atoms with Gasteiger partial charge in [0.2, 0.25) is 5.78 Å². The van der Waals surface area contributed by atoms with Gasteiger partial charge >= 0.3 is 0 Å². The van der Waals surface area contributed by atoms with Crippen LogP contribution in [-0.4, -0.2) is 11.5 Å². The van der Waals surface area contributed by atoms with Gasteiger partial charge in [-0.2, -0.15) is 11.8 Å². The van der Waals surface area contributed by atoms with Crippen LogP contribution in [0.1, 0.15) is 25.0 Å². The number of halogens is 2. The summed E-state index contributed by atoms with van der Waals surface area (Å²) in [6.45, 7) is 0. The number of thiophene rings is 2. The number of thioether (sulfide) groups is 1. The molecule has 94 valence electrons. The molecule has 0 aromatic carbocycles. The Morgan fingerprint density at radius 2 is 1.94 bits per heavy atom. The normalized spacial score (nSPS) is 14.6. The van der Waals surface area contributed by atoms with Crippen LogP contribution in [-0.2, 0) is 12.2 Å². The van der Waals surface area contributed by atoms with Crippen molar-refractivity contribution in [2.75, 3.05) is 5.75 Å². The third kappa shape index (κ3) is 2.50. The average molecular weight is 424 g/mol. The molecular formula is C12H8Br2OS3. The quantitative estimate of drug-likeness (QED) is 0.605. The van der Waals surface area contributed by atoms with Gasteiger partial charge in [-0.05, 0) is 61.7 Å². The van der Waals surface area contributed by atoms with Crippen molar-refractivity contribution in [2.24, 2.45) is 0 Å². The fourth-order valence-electron chi connectivity index (χ4n) is 1.84. The van der Waals surface area contributed by atoms with E-state index in [1.807, 2.05) is 17.8 Å². The molecule has 3 heterocycles. The van der Waals surface area contributed by atoms with Crippen LogP contribution in [0.25, 0.3) is 0 Å². The Morgan fingerprint density at radius 3 is 2.61 bits per heavy atom. The molecule has 1 aliphatic heterocycles. The second-order valence-corrected chi connectivity index (χ2v) is 9.39. The van der Waals surface area contributed by atoms with E-state index in [4.69, 9.17) is 0 Å². The predicted octanol–water partition coefficient (Wildman–Crippen LogP) is 5.35. The smallest absolute Gasteiger partial charge is 0.212 e. The predicted molar refractivity (Wildman–Crippen MR) is 87.3 cm³/mol. The highest BCUT2D eigenvalue weighted by Crippen LogP contribution is 2.36. The number of carbonyl (C=O) groups is 1. The minimum absolute atomic E-state index is 0.149.